The molecule has 0 aliphatic carbocycles. The Kier molecular flexibility index (Phi) is 5.11. The molecular formula is C18H15N5OS. The fraction of sp³-hybridized carbons (Fsp3) is 0.111. The number of aliphatic imine (C=N–C) groups is 1. The molecule has 0 spiro atoms. The van der Waals surface area contributed by atoms with Gasteiger partial charge in [-0.05, 0) is 37.4 Å². The van der Waals surface area contributed by atoms with E-state index in [0.717, 1.165) is 16.7 Å². The molecule has 0 radical (unpaired) electrons. The van der Waals surface area contributed by atoms with Crippen molar-refractivity contribution >= 4 is 22.6 Å². The second kappa shape index (κ2) is 7.64. The van der Waals surface area contributed by atoms with Gasteiger partial charge in [0.15, 0.2) is 11.4 Å². The zero-order valence-electron chi connectivity index (χ0n) is 13.7. The van der Waals surface area contributed by atoms with E-state index in [4.69, 9.17) is 9.78 Å². The maximum absolute atomic E-state index is 8.72. The number of aromatic nitrogens is 2. The summed E-state index contributed by atoms with van der Waals surface area (Å²) < 4.78 is 5.40. The third-order valence-corrected chi connectivity index (χ3v) is 3.96. The number of benzene rings is 2. The first kappa shape index (κ1) is 16.7. The lowest BCUT2D eigenvalue weighted by atomic mass is 10.1. The predicted octanol–water partition coefficient (Wildman–Crippen LogP) is 4.13. The van der Waals surface area contributed by atoms with Gasteiger partial charge < -0.3 is 4.52 Å². The Balaban J connectivity index is 1.91. The number of hydrogen-bond donors (Lipinski definition) is 1. The van der Waals surface area contributed by atoms with E-state index in [2.05, 4.69) is 20.4 Å². The van der Waals surface area contributed by atoms with Crippen molar-refractivity contribution in [3.63, 3.8) is 0 Å². The number of nitrogens with zero attached hydrogens (tertiary/aromatic N) is 4. The topological polar surface area (TPSA) is 87.1 Å². The summed E-state index contributed by atoms with van der Waals surface area (Å²) in [4.78, 5) is 8.85. The lowest BCUT2D eigenvalue weighted by molar-refractivity contribution is 0.432. The average molecular weight is 349 g/mol. The van der Waals surface area contributed by atoms with Crippen LogP contribution in [-0.2, 0) is 0 Å². The highest BCUT2D eigenvalue weighted by molar-refractivity contribution is 8.13. The second-order valence-corrected chi connectivity index (χ2v) is 6.00. The molecule has 7 heteroatoms. The molecule has 0 saturated heterocycles. The summed E-state index contributed by atoms with van der Waals surface area (Å²) in [6.07, 6.45) is 3.72. The number of nitriles is 1. The van der Waals surface area contributed by atoms with Gasteiger partial charge >= 0.3 is 0 Å². The van der Waals surface area contributed by atoms with Crippen molar-refractivity contribution in [1.29, 1.82) is 5.26 Å². The van der Waals surface area contributed by atoms with E-state index < -0.39 is 0 Å². The van der Waals surface area contributed by atoms with Crippen molar-refractivity contribution in [3.05, 3.63) is 54.1 Å². The Morgan fingerprint density at radius 2 is 2.00 bits per heavy atom. The molecule has 2 aromatic carbocycles. The lowest BCUT2D eigenvalue weighted by Crippen LogP contribution is -2.12. The van der Waals surface area contributed by atoms with Crippen molar-refractivity contribution < 1.29 is 4.52 Å². The minimum atomic E-state index is 0.424. The molecule has 0 unspecified atom stereocenters. The molecule has 1 N–H and O–H groups in total. The zero-order valence-corrected chi connectivity index (χ0v) is 14.5. The van der Waals surface area contributed by atoms with Crippen LogP contribution in [0.3, 0.4) is 0 Å². The van der Waals surface area contributed by atoms with Crippen LogP contribution in [0.4, 0.5) is 5.69 Å². The van der Waals surface area contributed by atoms with Crippen molar-refractivity contribution in [2.75, 3.05) is 6.26 Å². The summed E-state index contributed by atoms with van der Waals surface area (Å²) in [7, 11) is 0. The smallest absolute Gasteiger partial charge is 0.258 e. The molecule has 1 aromatic heterocycles. The van der Waals surface area contributed by atoms with Crippen LogP contribution in [0.15, 0.2) is 58.0 Å². The Morgan fingerprint density at radius 1 is 1.20 bits per heavy atom. The first-order valence-electron chi connectivity index (χ1n) is 7.48. The van der Waals surface area contributed by atoms with Crippen LogP contribution >= 0.6 is 11.8 Å². The monoisotopic (exact) mass is 349 g/mol. The van der Waals surface area contributed by atoms with Gasteiger partial charge in [-0.1, -0.05) is 46.7 Å². The summed E-state index contributed by atoms with van der Waals surface area (Å²) >= 11 is 1.36. The van der Waals surface area contributed by atoms with Gasteiger partial charge in [-0.25, -0.2) is 4.99 Å². The highest BCUT2D eigenvalue weighted by atomic mass is 32.2. The summed E-state index contributed by atoms with van der Waals surface area (Å²) in [5, 5.41) is 15.8. The fourth-order valence-corrected chi connectivity index (χ4v) is 2.58. The van der Waals surface area contributed by atoms with E-state index in [-0.39, 0.29) is 0 Å². The minimum Gasteiger partial charge on any atom is -0.334 e. The van der Waals surface area contributed by atoms with Crippen molar-refractivity contribution in [2.45, 2.75) is 6.92 Å². The van der Waals surface area contributed by atoms with Gasteiger partial charge in [0.05, 0.1) is 5.69 Å². The van der Waals surface area contributed by atoms with E-state index in [0.29, 0.717) is 22.6 Å². The quantitative estimate of drug-likeness (QED) is 0.331. The lowest BCUT2D eigenvalue weighted by Gasteiger charge is -2.01. The average Bonchev–Trinajstić information content (AvgIpc) is 3.12. The highest BCUT2D eigenvalue weighted by Gasteiger charge is 2.11. The predicted molar refractivity (Wildman–Crippen MR) is 99.3 cm³/mol. The van der Waals surface area contributed by atoms with Gasteiger partial charge in [-0.2, -0.15) is 10.2 Å². The summed E-state index contributed by atoms with van der Waals surface area (Å²) in [5.74, 6) is 0.969. The third kappa shape index (κ3) is 4.05. The molecule has 0 atom stereocenters. The molecule has 0 bridgehead atoms. The van der Waals surface area contributed by atoms with Gasteiger partial charge in [0.2, 0.25) is 5.82 Å². The Hall–Kier alpha value is -3.11. The molecule has 0 aliphatic heterocycles. The van der Waals surface area contributed by atoms with Gasteiger partial charge in [0, 0.05) is 11.1 Å². The molecule has 0 saturated carbocycles. The van der Waals surface area contributed by atoms with E-state index in [1.165, 1.54) is 11.8 Å². The van der Waals surface area contributed by atoms with Crippen LogP contribution in [0.5, 0.6) is 0 Å². The van der Waals surface area contributed by atoms with Crippen LogP contribution in [-0.4, -0.2) is 21.6 Å². The Bertz CT molecular complexity index is 958. The fourth-order valence-electron chi connectivity index (χ4n) is 2.24. The highest BCUT2D eigenvalue weighted by Crippen LogP contribution is 2.26. The number of aryl methyl sites for hydroxylation is 1. The van der Waals surface area contributed by atoms with E-state index in [1.807, 2.05) is 67.9 Å². The number of amidine groups is 1. The number of hydrogen-bond acceptors (Lipinski definition) is 6. The molecule has 3 rings (SSSR count). The molecule has 0 amide bonds. The largest absolute Gasteiger partial charge is 0.334 e. The molecule has 3 aromatic rings. The van der Waals surface area contributed by atoms with E-state index in [9.17, 15) is 0 Å². The van der Waals surface area contributed by atoms with Gasteiger partial charge in [-0.15, -0.1) is 0 Å². The molecule has 6 nitrogen and oxygen atoms in total. The maximum Gasteiger partial charge on any atom is 0.258 e. The number of thioether (sulfide) groups is 1. The minimum absolute atomic E-state index is 0.424. The Morgan fingerprint density at radius 3 is 2.76 bits per heavy atom. The van der Waals surface area contributed by atoms with Crippen LogP contribution < -0.4 is 5.32 Å². The van der Waals surface area contributed by atoms with Gasteiger partial charge in [-0.3, -0.25) is 5.32 Å². The Labute approximate surface area is 149 Å². The first-order valence-corrected chi connectivity index (χ1v) is 8.71. The summed E-state index contributed by atoms with van der Waals surface area (Å²) in [6.45, 7) is 2.02. The van der Waals surface area contributed by atoms with Crippen molar-refractivity contribution in [2.24, 2.45) is 4.99 Å². The molecular weight excluding hydrogens is 334 g/mol. The van der Waals surface area contributed by atoms with E-state index in [1.54, 1.807) is 0 Å². The van der Waals surface area contributed by atoms with Crippen molar-refractivity contribution in [1.82, 2.24) is 15.5 Å². The maximum atomic E-state index is 8.72. The van der Waals surface area contributed by atoms with Crippen LogP contribution in [0.1, 0.15) is 5.56 Å². The SMILES string of the molecule is CSC(=Nc1cccc(-c2nc(-c3cccc(C)c3)no2)c1)NC#N. The van der Waals surface area contributed by atoms with Gasteiger partial charge in [0.1, 0.15) is 0 Å². The molecule has 25 heavy (non-hydrogen) atoms. The summed E-state index contributed by atoms with van der Waals surface area (Å²) in [5.41, 5.74) is 3.51. The molecule has 0 fully saturated rings. The van der Waals surface area contributed by atoms with Crippen molar-refractivity contribution in [3.8, 4) is 29.0 Å². The van der Waals surface area contributed by atoms with Crippen LogP contribution in [0.2, 0.25) is 0 Å². The van der Waals surface area contributed by atoms with Gasteiger partial charge in [0.25, 0.3) is 5.89 Å². The van der Waals surface area contributed by atoms with Crippen LogP contribution in [0, 0.1) is 18.4 Å². The normalized spacial score (nSPS) is 11.2. The third-order valence-electron chi connectivity index (χ3n) is 3.38. The second-order valence-electron chi connectivity index (χ2n) is 5.20. The standard InChI is InChI=1S/C18H15N5OS/c1-12-5-3-6-13(9-12)16-22-17(24-23-16)14-7-4-8-15(10-14)21-18(25-2)20-11-19/h3-10H,1-2H3,(H,20,21). The first-order chi connectivity index (χ1) is 12.2. The molecule has 0 aliphatic rings. The zero-order chi connectivity index (χ0) is 17.6. The van der Waals surface area contributed by atoms with E-state index >= 15 is 0 Å². The number of rotatable bonds is 3. The molecule has 124 valence electrons. The summed E-state index contributed by atoms with van der Waals surface area (Å²) in [6, 6.07) is 15.3. The molecule has 1 heterocycles. The van der Waals surface area contributed by atoms with Crippen LogP contribution in [0.25, 0.3) is 22.8 Å². The number of nitrogens with one attached hydrogen (secondary N) is 1.